The van der Waals surface area contributed by atoms with Gasteiger partial charge in [-0.05, 0) is 57.7 Å². The maximum atomic E-state index is 5.79. The lowest BCUT2D eigenvalue weighted by Gasteiger charge is -2.25. The monoisotopic (exact) mass is 263 g/mol. The van der Waals surface area contributed by atoms with Crippen molar-refractivity contribution in [1.29, 1.82) is 0 Å². The van der Waals surface area contributed by atoms with Crippen LogP contribution in [0.4, 0.5) is 0 Å². The molecule has 0 bridgehead atoms. The molecule has 0 fully saturated rings. The van der Waals surface area contributed by atoms with Crippen molar-refractivity contribution in [2.75, 3.05) is 13.2 Å². The Morgan fingerprint density at radius 2 is 2.05 bits per heavy atom. The smallest absolute Gasteiger partial charge is 0.106 e. The minimum Gasteiger partial charge on any atom is -0.501 e. The normalized spacial score (nSPS) is 16.9. The summed E-state index contributed by atoms with van der Waals surface area (Å²) in [6, 6.07) is 0.234. The molecule has 1 atom stereocenters. The van der Waals surface area contributed by atoms with Gasteiger partial charge < -0.3 is 14.5 Å². The van der Waals surface area contributed by atoms with Gasteiger partial charge in [0, 0.05) is 5.56 Å². The first-order valence-electron chi connectivity index (χ1n) is 7.25. The molecule has 106 valence electrons. The molecule has 3 nitrogen and oxygen atoms in total. The van der Waals surface area contributed by atoms with Gasteiger partial charge in [0.2, 0.25) is 0 Å². The Kier molecular flexibility index (Phi) is 4.70. The third-order valence-corrected chi connectivity index (χ3v) is 3.84. The first kappa shape index (κ1) is 14.2. The van der Waals surface area contributed by atoms with Crippen LogP contribution in [0.1, 0.15) is 54.9 Å². The number of nitrogens with one attached hydrogen (secondary N) is 1. The zero-order valence-corrected chi connectivity index (χ0v) is 12.5. The summed E-state index contributed by atoms with van der Waals surface area (Å²) in [6.07, 6.45) is 5.27. The topological polar surface area (TPSA) is 34.4 Å². The summed E-state index contributed by atoms with van der Waals surface area (Å²) < 4.78 is 11.3. The van der Waals surface area contributed by atoms with Crippen LogP contribution >= 0.6 is 0 Å². The minimum atomic E-state index is 0.234. The Hall–Kier alpha value is -1.22. The van der Waals surface area contributed by atoms with Crippen LogP contribution in [-0.4, -0.2) is 13.2 Å². The Labute approximate surface area is 116 Å². The van der Waals surface area contributed by atoms with E-state index in [1.54, 1.807) is 0 Å². The SMILES string of the molecule is CCCNC(C1=COCCC1)c1c(C)oc(C)c1C. The van der Waals surface area contributed by atoms with E-state index in [4.69, 9.17) is 9.15 Å². The first-order valence-corrected chi connectivity index (χ1v) is 7.25. The molecule has 1 aromatic rings. The van der Waals surface area contributed by atoms with Crippen molar-refractivity contribution in [3.05, 3.63) is 34.5 Å². The quantitative estimate of drug-likeness (QED) is 0.873. The number of hydrogen-bond acceptors (Lipinski definition) is 3. The summed E-state index contributed by atoms with van der Waals surface area (Å²) in [5, 5.41) is 3.64. The highest BCUT2D eigenvalue weighted by molar-refractivity contribution is 5.39. The average molecular weight is 263 g/mol. The van der Waals surface area contributed by atoms with E-state index in [0.717, 1.165) is 43.9 Å². The predicted molar refractivity (Wildman–Crippen MR) is 77.2 cm³/mol. The number of rotatable bonds is 5. The van der Waals surface area contributed by atoms with Crippen LogP contribution in [0.15, 0.2) is 16.3 Å². The lowest BCUT2D eigenvalue weighted by Crippen LogP contribution is -2.26. The van der Waals surface area contributed by atoms with Crippen LogP contribution in [-0.2, 0) is 4.74 Å². The number of furan rings is 1. The summed E-state index contributed by atoms with van der Waals surface area (Å²) in [4.78, 5) is 0. The van der Waals surface area contributed by atoms with Crippen LogP contribution in [0.2, 0.25) is 0 Å². The zero-order chi connectivity index (χ0) is 13.8. The molecule has 19 heavy (non-hydrogen) atoms. The summed E-state index contributed by atoms with van der Waals surface area (Å²) in [5.74, 6) is 2.04. The van der Waals surface area contributed by atoms with Crippen molar-refractivity contribution in [3.8, 4) is 0 Å². The molecule has 1 aliphatic heterocycles. The maximum absolute atomic E-state index is 5.79. The third kappa shape index (κ3) is 3.03. The van der Waals surface area contributed by atoms with Crippen LogP contribution < -0.4 is 5.32 Å². The molecule has 2 rings (SSSR count). The van der Waals surface area contributed by atoms with Crippen molar-refractivity contribution in [2.45, 2.75) is 53.0 Å². The molecule has 0 aliphatic carbocycles. The van der Waals surface area contributed by atoms with Crippen molar-refractivity contribution < 1.29 is 9.15 Å². The Morgan fingerprint density at radius 1 is 1.26 bits per heavy atom. The molecule has 0 saturated carbocycles. The van der Waals surface area contributed by atoms with Crippen molar-refractivity contribution in [1.82, 2.24) is 5.32 Å². The van der Waals surface area contributed by atoms with Crippen molar-refractivity contribution in [3.63, 3.8) is 0 Å². The second-order valence-electron chi connectivity index (χ2n) is 5.31. The predicted octanol–water partition coefficient (Wildman–Crippen LogP) is 3.94. The Bertz CT molecular complexity index is 460. The van der Waals surface area contributed by atoms with E-state index in [1.165, 1.54) is 16.7 Å². The van der Waals surface area contributed by atoms with E-state index < -0.39 is 0 Å². The summed E-state index contributed by atoms with van der Waals surface area (Å²) in [7, 11) is 0. The molecule has 1 aromatic heterocycles. The van der Waals surface area contributed by atoms with Crippen LogP contribution in [0.5, 0.6) is 0 Å². The molecule has 0 aromatic carbocycles. The molecule has 0 radical (unpaired) electrons. The van der Waals surface area contributed by atoms with Gasteiger partial charge in [0.1, 0.15) is 11.5 Å². The van der Waals surface area contributed by atoms with Gasteiger partial charge in [-0.15, -0.1) is 0 Å². The first-order chi connectivity index (χ1) is 9.15. The van der Waals surface area contributed by atoms with Gasteiger partial charge in [0.05, 0.1) is 18.9 Å². The number of ether oxygens (including phenoxy) is 1. The fourth-order valence-corrected chi connectivity index (χ4v) is 2.74. The van der Waals surface area contributed by atoms with E-state index in [0.29, 0.717) is 0 Å². The van der Waals surface area contributed by atoms with Crippen LogP contribution in [0.3, 0.4) is 0 Å². The highest BCUT2D eigenvalue weighted by Gasteiger charge is 2.25. The van der Waals surface area contributed by atoms with E-state index in [2.05, 4.69) is 26.1 Å². The molecule has 0 amide bonds. The van der Waals surface area contributed by atoms with Crippen LogP contribution in [0.25, 0.3) is 0 Å². The van der Waals surface area contributed by atoms with Gasteiger partial charge in [0.15, 0.2) is 0 Å². The highest BCUT2D eigenvalue weighted by Crippen LogP contribution is 2.34. The standard InChI is InChI=1S/C16H25NO2/c1-5-8-17-16(14-7-6-9-18-10-14)15-11(2)12(3)19-13(15)4/h10,16-17H,5-9H2,1-4H3. The fourth-order valence-electron chi connectivity index (χ4n) is 2.74. The third-order valence-electron chi connectivity index (χ3n) is 3.84. The van der Waals surface area contributed by atoms with E-state index >= 15 is 0 Å². The zero-order valence-electron chi connectivity index (χ0n) is 12.5. The van der Waals surface area contributed by atoms with Gasteiger partial charge in [-0.25, -0.2) is 0 Å². The second-order valence-corrected chi connectivity index (χ2v) is 5.31. The Balaban J connectivity index is 2.33. The molecule has 1 unspecified atom stereocenters. The Morgan fingerprint density at radius 3 is 2.58 bits per heavy atom. The molecule has 0 spiro atoms. The van der Waals surface area contributed by atoms with Gasteiger partial charge >= 0.3 is 0 Å². The lowest BCUT2D eigenvalue weighted by molar-refractivity contribution is 0.219. The summed E-state index contributed by atoms with van der Waals surface area (Å²) in [6.45, 7) is 10.3. The largest absolute Gasteiger partial charge is 0.501 e. The highest BCUT2D eigenvalue weighted by atomic mass is 16.5. The fraction of sp³-hybridized carbons (Fsp3) is 0.625. The summed E-state index contributed by atoms with van der Waals surface area (Å²) >= 11 is 0. The lowest BCUT2D eigenvalue weighted by atomic mass is 9.92. The molecule has 2 heterocycles. The van der Waals surface area contributed by atoms with E-state index in [1.807, 2.05) is 13.2 Å². The average Bonchev–Trinajstić information content (AvgIpc) is 2.67. The molecule has 3 heteroatoms. The van der Waals surface area contributed by atoms with Gasteiger partial charge in [-0.2, -0.15) is 0 Å². The van der Waals surface area contributed by atoms with Gasteiger partial charge in [-0.3, -0.25) is 0 Å². The number of aryl methyl sites for hydroxylation is 2. The molecular formula is C16H25NO2. The minimum absolute atomic E-state index is 0.234. The summed E-state index contributed by atoms with van der Waals surface area (Å²) in [5.41, 5.74) is 3.90. The molecule has 1 N–H and O–H groups in total. The van der Waals surface area contributed by atoms with E-state index in [9.17, 15) is 0 Å². The van der Waals surface area contributed by atoms with Crippen molar-refractivity contribution in [2.24, 2.45) is 0 Å². The van der Waals surface area contributed by atoms with Crippen LogP contribution in [0, 0.1) is 20.8 Å². The molecule has 1 aliphatic rings. The second kappa shape index (κ2) is 6.29. The molecule has 0 saturated heterocycles. The van der Waals surface area contributed by atoms with Gasteiger partial charge in [-0.1, -0.05) is 6.92 Å². The maximum Gasteiger partial charge on any atom is 0.106 e. The van der Waals surface area contributed by atoms with Crippen molar-refractivity contribution >= 4 is 0 Å². The van der Waals surface area contributed by atoms with Gasteiger partial charge in [0.25, 0.3) is 0 Å². The number of hydrogen-bond donors (Lipinski definition) is 1. The molecular weight excluding hydrogens is 238 g/mol. The van der Waals surface area contributed by atoms with E-state index in [-0.39, 0.29) is 6.04 Å².